The first kappa shape index (κ1) is 14.7. The Hall–Kier alpha value is -1.33. The first-order valence-electron chi connectivity index (χ1n) is 4.62. The van der Waals surface area contributed by atoms with E-state index in [0.717, 1.165) is 5.69 Å². The number of nitrogens with one attached hydrogen (secondary N) is 1. The Balaban J connectivity index is 0.00000225. The molecule has 0 aliphatic rings. The van der Waals surface area contributed by atoms with E-state index < -0.39 is 6.04 Å². The van der Waals surface area contributed by atoms with Gasteiger partial charge in [-0.1, -0.05) is 0 Å². The average molecular weight is 246 g/mol. The van der Waals surface area contributed by atoms with E-state index in [0.29, 0.717) is 11.6 Å². The minimum Gasteiger partial charge on any atom is -0.493 e. The number of hydrogen-bond acceptors (Lipinski definition) is 4. The first-order valence-corrected chi connectivity index (χ1v) is 4.62. The van der Waals surface area contributed by atoms with Crippen LogP contribution in [0.1, 0.15) is 12.6 Å². The van der Waals surface area contributed by atoms with Crippen LogP contribution in [0.25, 0.3) is 0 Å². The maximum Gasteiger partial charge on any atom is 0.242 e. The van der Waals surface area contributed by atoms with Gasteiger partial charge in [0, 0.05) is 5.69 Å². The number of nitrogens with zero attached hydrogens (tertiary/aromatic N) is 1. The molecule has 0 aliphatic heterocycles. The van der Waals surface area contributed by atoms with E-state index in [9.17, 15) is 4.79 Å². The van der Waals surface area contributed by atoms with Gasteiger partial charge < -0.3 is 15.8 Å². The van der Waals surface area contributed by atoms with Crippen LogP contribution in [0, 0.1) is 6.92 Å². The Morgan fingerprint density at radius 3 is 2.69 bits per heavy atom. The molecule has 1 amide bonds. The second-order valence-corrected chi connectivity index (χ2v) is 3.28. The van der Waals surface area contributed by atoms with Crippen molar-refractivity contribution in [1.29, 1.82) is 0 Å². The van der Waals surface area contributed by atoms with E-state index in [-0.39, 0.29) is 18.3 Å². The molecule has 1 rings (SSSR count). The Morgan fingerprint density at radius 2 is 2.19 bits per heavy atom. The summed E-state index contributed by atoms with van der Waals surface area (Å²) in [6, 6.07) is 2.98. The largest absolute Gasteiger partial charge is 0.493 e. The molecule has 5 nitrogen and oxygen atoms in total. The van der Waals surface area contributed by atoms with Crippen molar-refractivity contribution >= 4 is 24.1 Å². The van der Waals surface area contributed by atoms with E-state index >= 15 is 0 Å². The lowest BCUT2D eigenvalue weighted by atomic mass is 10.3. The topological polar surface area (TPSA) is 77.2 Å². The van der Waals surface area contributed by atoms with Gasteiger partial charge in [0.25, 0.3) is 0 Å². The fourth-order valence-electron chi connectivity index (χ4n) is 1.03. The predicted octanol–water partition coefficient (Wildman–Crippen LogP) is 1.11. The van der Waals surface area contributed by atoms with Gasteiger partial charge in [-0.05, 0) is 26.0 Å². The SMILES string of the molecule is COc1ccc(C)nc1NC(=O)C(C)N.Cl. The van der Waals surface area contributed by atoms with Gasteiger partial charge in [-0.15, -0.1) is 12.4 Å². The summed E-state index contributed by atoms with van der Waals surface area (Å²) < 4.78 is 5.06. The number of aryl methyl sites for hydroxylation is 1. The molecule has 90 valence electrons. The number of aromatic nitrogens is 1. The molecule has 0 fully saturated rings. The highest BCUT2D eigenvalue weighted by molar-refractivity contribution is 5.94. The zero-order valence-corrected chi connectivity index (χ0v) is 10.3. The van der Waals surface area contributed by atoms with Gasteiger partial charge in [0.15, 0.2) is 11.6 Å². The minimum atomic E-state index is -0.572. The molecule has 3 N–H and O–H groups in total. The number of pyridine rings is 1. The lowest BCUT2D eigenvalue weighted by Gasteiger charge is -2.11. The monoisotopic (exact) mass is 245 g/mol. The summed E-state index contributed by atoms with van der Waals surface area (Å²) >= 11 is 0. The molecule has 0 aliphatic carbocycles. The van der Waals surface area contributed by atoms with Crippen molar-refractivity contribution in [2.75, 3.05) is 12.4 Å². The molecule has 0 saturated carbocycles. The fourth-order valence-corrected chi connectivity index (χ4v) is 1.03. The molecule has 0 saturated heterocycles. The van der Waals surface area contributed by atoms with Crippen molar-refractivity contribution in [3.05, 3.63) is 17.8 Å². The predicted molar refractivity (Wildman–Crippen MR) is 65.1 cm³/mol. The molecule has 16 heavy (non-hydrogen) atoms. The van der Waals surface area contributed by atoms with Crippen LogP contribution in [-0.2, 0) is 4.79 Å². The van der Waals surface area contributed by atoms with E-state index in [4.69, 9.17) is 10.5 Å². The normalized spacial score (nSPS) is 11.2. The third-order valence-electron chi connectivity index (χ3n) is 1.87. The average Bonchev–Trinajstić information content (AvgIpc) is 2.18. The van der Waals surface area contributed by atoms with Gasteiger partial charge in [0.2, 0.25) is 5.91 Å². The van der Waals surface area contributed by atoms with Gasteiger partial charge >= 0.3 is 0 Å². The molecule has 1 atom stereocenters. The molecule has 1 aromatic rings. The van der Waals surface area contributed by atoms with Gasteiger partial charge in [0.1, 0.15) is 0 Å². The van der Waals surface area contributed by atoms with Crippen LogP contribution in [0.5, 0.6) is 5.75 Å². The summed E-state index contributed by atoms with van der Waals surface area (Å²) in [5, 5.41) is 2.60. The number of methoxy groups -OCH3 is 1. The Kier molecular flexibility index (Phi) is 5.77. The van der Waals surface area contributed by atoms with E-state index in [1.807, 2.05) is 6.92 Å². The smallest absolute Gasteiger partial charge is 0.242 e. The number of amides is 1. The maximum atomic E-state index is 11.4. The van der Waals surface area contributed by atoms with E-state index in [2.05, 4.69) is 10.3 Å². The number of nitrogens with two attached hydrogens (primary N) is 1. The standard InChI is InChI=1S/C10H15N3O2.ClH/c1-6-4-5-8(15-3)9(12-6)13-10(14)7(2)11;/h4-5,7H,11H2,1-3H3,(H,12,13,14);1H. The van der Waals surface area contributed by atoms with Crippen LogP contribution >= 0.6 is 12.4 Å². The van der Waals surface area contributed by atoms with Crippen molar-refractivity contribution < 1.29 is 9.53 Å². The molecular formula is C10H16ClN3O2. The zero-order valence-electron chi connectivity index (χ0n) is 9.48. The van der Waals surface area contributed by atoms with Crippen LogP contribution in [0.3, 0.4) is 0 Å². The molecule has 0 bridgehead atoms. The summed E-state index contributed by atoms with van der Waals surface area (Å²) in [6.07, 6.45) is 0. The molecule has 1 heterocycles. The number of carbonyl (C=O) groups excluding carboxylic acids is 1. The Labute approximate surface area is 101 Å². The second kappa shape index (κ2) is 6.30. The molecule has 6 heteroatoms. The third kappa shape index (κ3) is 3.67. The van der Waals surface area contributed by atoms with Gasteiger partial charge in [-0.25, -0.2) is 4.98 Å². The minimum absolute atomic E-state index is 0. The number of rotatable bonds is 3. The molecular weight excluding hydrogens is 230 g/mol. The van der Waals surface area contributed by atoms with Crippen molar-refractivity contribution in [3.63, 3.8) is 0 Å². The molecule has 1 unspecified atom stereocenters. The summed E-state index contributed by atoms with van der Waals surface area (Å²) in [5.41, 5.74) is 6.23. The highest BCUT2D eigenvalue weighted by atomic mass is 35.5. The van der Waals surface area contributed by atoms with Crippen LogP contribution < -0.4 is 15.8 Å². The molecule has 0 spiro atoms. The van der Waals surface area contributed by atoms with Crippen molar-refractivity contribution in [3.8, 4) is 5.75 Å². The van der Waals surface area contributed by atoms with Crippen molar-refractivity contribution in [2.24, 2.45) is 5.73 Å². The van der Waals surface area contributed by atoms with Crippen molar-refractivity contribution in [1.82, 2.24) is 4.98 Å². The maximum absolute atomic E-state index is 11.4. The Bertz CT molecular complexity index is 369. The summed E-state index contributed by atoms with van der Waals surface area (Å²) in [4.78, 5) is 15.5. The van der Waals surface area contributed by atoms with Crippen molar-refractivity contribution in [2.45, 2.75) is 19.9 Å². The van der Waals surface area contributed by atoms with Crippen LogP contribution in [0.2, 0.25) is 0 Å². The first-order chi connectivity index (χ1) is 7.04. The van der Waals surface area contributed by atoms with Crippen LogP contribution in [-0.4, -0.2) is 24.0 Å². The van der Waals surface area contributed by atoms with Gasteiger partial charge in [0.05, 0.1) is 13.2 Å². The van der Waals surface area contributed by atoms with Crippen LogP contribution in [0.4, 0.5) is 5.82 Å². The number of hydrogen-bond donors (Lipinski definition) is 2. The zero-order chi connectivity index (χ0) is 11.4. The van der Waals surface area contributed by atoms with Crippen LogP contribution in [0.15, 0.2) is 12.1 Å². The number of ether oxygens (including phenoxy) is 1. The number of anilines is 1. The third-order valence-corrected chi connectivity index (χ3v) is 1.87. The molecule has 0 radical (unpaired) electrons. The number of carbonyl (C=O) groups is 1. The van der Waals surface area contributed by atoms with E-state index in [1.54, 1.807) is 19.1 Å². The quantitative estimate of drug-likeness (QED) is 0.836. The molecule has 1 aromatic heterocycles. The van der Waals surface area contributed by atoms with E-state index in [1.165, 1.54) is 7.11 Å². The Morgan fingerprint density at radius 1 is 1.56 bits per heavy atom. The lowest BCUT2D eigenvalue weighted by Crippen LogP contribution is -2.32. The summed E-state index contributed by atoms with van der Waals surface area (Å²) in [6.45, 7) is 3.44. The van der Waals surface area contributed by atoms with Gasteiger partial charge in [-0.3, -0.25) is 4.79 Å². The van der Waals surface area contributed by atoms with Gasteiger partial charge in [-0.2, -0.15) is 0 Å². The highest BCUT2D eigenvalue weighted by Crippen LogP contribution is 2.21. The molecule has 0 aromatic carbocycles. The number of halogens is 1. The lowest BCUT2D eigenvalue weighted by molar-refractivity contribution is -0.117. The fraction of sp³-hybridized carbons (Fsp3) is 0.400. The summed E-state index contributed by atoms with van der Waals surface area (Å²) in [7, 11) is 1.52. The summed E-state index contributed by atoms with van der Waals surface area (Å²) in [5.74, 6) is 0.640. The highest BCUT2D eigenvalue weighted by Gasteiger charge is 2.12. The second-order valence-electron chi connectivity index (χ2n) is 3.28.